The quantitative estimate of drug-likeness (QED) is 0.687. The first-order valence-corrected chi connectivity index (χ1v) is 8.84. The Labute approximate surface area is 157 Å². The fourth-order valence-corrected chi connectivity index (χ4v) is 2.61. The summed E-state index contributed by atoms with van der Waals surface area (Å²) in [6.07, 6.45) is 7.75. The number of hydrogen-bond donors (Lipinski definition) is 1. The van der Waals surface area contributed by atoms with Gasteiger partial charge in [0.1, 0.15) is 11.9 Å². The van der Waals surface area contributed by atoms with Crippen LogP contribution in [0.5, 0.6) is 0 Å². The Morgan fingerprint density at radius 3 is 2.78 bits per heavy atom. The van der Waals surface area contributed by atoms with Gasteiger partial charge in [-0.15, -0.1) is 0 Å². The van der Waals surface area contributed by atoms with Gasteiger partial charge in [-0.3, -0.25) is 4.98 Å². The molecule has 3 aromatic heterocycles. The number of imidazole rings is 1. The molecule has 0 aliphatic rings. The molecule has 0 aliphatic heterocycles. The first-order chi connectivity index (χ1) is 13.1. The lowest BCUT2D eigenvalue weighted by molar-refractivity contribution is 0.187. The van der Waals surface area contributed by atoms with Crippen molar-refractivity contribution in [2.45, 2.75) is 32.9 Å². The second-order valence-corrected chi connectivity index (χ2v) is 6.24. The monoisotopic (exact) mass is 369 g/mol. The highest BCUT2D eigenvalue weighted by molar-refractivity contribution is 5.74. The highest BCUT2D eigenvalue weighted by Gasteiger charge is 2.21. The van der Waals surface area contributed by atoms with Crippen molar-refractivity contribution in [2.24, 2.45) is 7.05 Å². The Hall–Kier alpha value is -3.23. The molecule has 0 radical (unpaired) electrons. The van der Waals surface area contributed by atoms with E-state index in [9.17, 15) is 4.79 Å². The number of amides is 2. The Balaban J connectivity index is 1.66. The van der Waals surface area contributed by atoms with Crippen LogP contribution in [0.2, 0.25) is 0 Å². The molecule has 3 aromatic rings. The van der Waals surface area contributed by atoms with E-state index in [4.69, 9.17) is 4.52 Å². The molecule has 0 saturated heterocycles. The topological polar surface area (TPSA) is 102 Å². The molecule has 0 spiro atoms. The Kier molecular flexibility index (Phi) is 5.80. The van der Waals surface area contributed by atoms with Crippen LogP contribution in [0.3, 0.4) is 0 Å². The summed E-state index contributed by atoms with van der Waals surface area (Å²) in [7, 11) is 1.91. The molecule has 0 aliphatic carbocycles. The van der Waals surface area contributed by atoms with Gasteiger partial charge in [-0.2, -0.15) is 4.98 Å². The molecule has 0 bridgehead atoms. The van der Waals surface area contributed by atoms with E-state index in [1.54, 1.807) is 35.6 Å². The molecule has 1 unspecified atom stereocenters. The maximum Gasteiger partial charge on any atom is 0.318 e. The highest BCUT2D eigenvalue weighted by atomic mass is 16.5. The number of carbonyl (C=O) groups excluding carboxylic acids is 1. The van der Waals surface area contributed by atoms with E-state index in [1.165, 1.54) is 0 Å². The van der Waals surface area contributed by atoms with Gasteiger partial charge < -0.3 is 19.3 Å². The van der Waals surface area contributed by atoms with E-state index >= 15 is 0 Å². The van der Waals surface area contributed by atoms with Gasteiger partial charge >= 0.3 is 6.03 Å². The molecule has 1 atom stereocenters. The minimum Gasteiger partial charge on any atom is -0.337 e. The SMILES string of the molecule is CCCN(Cc1nccn1C)C(=O)NC(C)c1nc(-c2ccncc2)no1. The summed E-state index contributed by atoms with van der Waals surface area (Å²) >= 11 is 0. The van der Waals surface area contributed by atoms with Crippen LogP contribution in [0.25, 0.3) is 11.4 Å². The zero-order valence-electron chi connectivity index (χ0n) is 15.7. The number of aromatic nitrogens is 5. The van der Waals surface area contributed by atoms with Gasteiger partial charge in [0.05, 0.1) is 6.54 Å². The van der Waals surface area contributed by atoms with E-state index < -0.39 is 6.04 Å². The lowest BCUT2D eigenvalue weighted by Gasteiger charge is -2.23. The molecule has 0 aromatic carbocycles. The number of carbonyl (C=O) groups is 1. The molecular weight excluding hydrogens is 346 g/mol. The van der Waals surface area contributed by atoms with Gasteiger partial charge in [-0.05, 0) is 25.5 Å². The van der Waals surface area contributed by atoms with Gasteiger partial charge in [0, 0.05) is 43.9 Å². The van der Waals surface area contributed by atoms with Crippen LogP contribution in [0.1, 0.15) is 38.0 Å². The van der Waals surface area contributed by atoms with Crippen molar-refractivity contribution in [3.05, 3.63) is 48.6 Å². The van der Waals surface area contributed by atoms with Gasteiger partial charge in [-0.1, -0.05) is 12.1 Å². The summed E-state index contributed by atoms with van der Waals surface area (Å²) in [6, 6.07) is 2.99. The van der Waals surface area contributed by atoms with Crippen molar-refractivity contribution in [2.75, 3.05) is 6.54 Å². The first-order valence-electron chi connectivity index (χ1n) is 8.84. The van der Waals surface area contributed by atoms with Crippen LogP contribution < -0.4 is 5.32 Å². The van der Waals surface area contributed by atoms with Crippen LogP contribution in [-0.2, 0) is 13.6 Å². The van der Waals surface area contributed by atoms with Crippen LogP contribution in [0.15, 0.2) is 41.4 Å². The summed E-state index contributed by atoms with van der Waals surface area (Å²) in [5.74, 6) is 1.64. The molecule has 0 fully saturated rings. The number of pyridine rings is 1. The molecule has 0 saturated carbocycles. The number of nitrogens with one attached hydrogen (secondary N) is 1. The number of rotatable bonds is 7. The van der Waals surface area contributed by atoms with Crippen molar-refractivity contribution in [1.29, 1.82) is 0 Å². The van der Waals surface area contributed by atoms with Crippen LogP contribution in [0.4, 0.5) is 4.79 Å². The van der Waals surface area contributed by atoms with Gasteiger partial charge in [-0.25, -0.2) is 9.78 Å². The second-order valence-electron chi connectivity index (χ2n) is 6.24. The Morgan fingerprint density at radius 2 is 2.11 bits per heavy atom. The minimum atomic E-state index is -0.415. The molecule has 3 heterocycles. The molecule has 27 heavy (non-hydrogen) atoms. The maximum absolute atomic E-state index is 12.7. The molecular formula is C18H23N7O2. The lowest BCUT2D eigenvalue weighted by atomic mass is 10.2. The average molecular weight is 369 g/mol. The number of aryl methyl sites for hydroxylation is 1. The number of nitrogens with zero attached hydrogens (tertiary/aromatic N) is 6. The summed E-state index contributed by atoms with van der Waals surface area (Å²) in [4.78, 5) is 27.1. The van der Waals surface area contributed by atoms with Crippen molar-refractivity contribution in [3.63, 3.8) is 0 Å². The largest absolute Gasteiger partial charge is 0.337 e. The van der Waals surface area contributed by atoms with Crippen molar-refractivity contribution >= 4 is 6.03 Å². The number of hydrogen-bond acceptors (Lipinski definition) is 6. The lowest BCUT2D eigenvalue weighted by Crippen LogP contribution is -2.41. The second kappa shape index (κ2) is 8.43. The van der Waals surface area contributed by atoms with E-state index in [-0.39, 0.29) is 6.03 Å². The molecule has 3 rings (SSSR count). The van der Waals surface area contributed by atoms with Gasteiger partial charge in [0.25, 0.3) is 0 Å². The minimum absolute atomic E-state index is 0.198. The molecule has 9 nitrogen and oxygen atoms in total. The van der Waals surface area contributed by atoms with E-state index in [2.05, 4.69) is 25.4 Å². The predicted molar refractivity (Wildman–Crippen MR) is 98.4 cm³/mol. The third-order valence-corrected chi connectivity index (χ3v) is 4.12. The zero-order chi connectivity index (χ0) is 19.2. The summed E-state index contributed by atoms with van der Waals surface area (Å²) < 4.78 is 7.22. The normalized spacial score (nSPS) is 12.0. The Morgan fingerprint density at radius 1 is 1.33 bits per heavy atom. The van der Waals surface area contributed by atoms with Crippen LogP contribution >= 0.6 is 0 Å². The van der Waals surface area contributed by atoms with Gasteiger partial charge in [0.15, 0.2) is 0 Å². The molecule has 142 valence electrons. The predicted octanol–water partition coefficient (Wildman–Crippen LogP) is 2.55. The maximum atomic E-state index is 12.7. The average Bonchev–Trinajstić information content (AvgIpc) is 3.32. The van der Waals surface area contributed by atoms with Crippen molar-refractivity contribution < 1.29 is 9.32 Å². The molecule has 9 heteroatoms. The number of urea groups is 1. The third-order valence-electron chi connectivity index (χ3n) is 4.12. The van der Waals surface area contributed by atoms with Crippen LogP contribution in [-0.4, -0.2) is 42.2 Å². The van der Waals surface area contributed by atoms with E-state index in [0.717, 1.165) is 17.8 Å². The molecule has 1 N–H and O–H groups in total. The van der Waals surface area contributed by atoms with Gasteiger partial charge in [0.2, 0.25) is 11.7 Å². The zero-order valence-corrected chi connectivity index (χ0v) is 15.7. The van der Waals surface area contributed by atoms with E-state index in [0.29, 0.717) is 24.8 Å². The summed E-state index contributed by atoms with van der Waals surface area (Å²) in [5, 5.41) is 6.90. The third kappa shape index (κ3) is 4.49. The van der Waals surface area contributed by atoms with Crippen LogP contribution in [0, 0.1) is 0 Å². The fraction of sp³-hybridized carbons (Fsp3) is 0.389. The highest BCUT2D eigenvalue weighted by Crippen LogP contribution is 2.18. The summed E-state index contributed by atoms with van der Waals surface area (Å²) in [6.45, 7) is 4.90. The standard InChI is InChI=1S/C18H23N7O2/c1-4-10-25(12-15-20-9-11-24(15)3)18(26)21-13(2)17-22-16(23-27-17)14-5-7-19-8-6-14/h5-9,11,13H,4,10,12H2,1-3H3,(H,21,26). The first kappa shape index (κ1) is 18.6. The fourth-order valence-electron chi connectivity index (χ4n) is 2.61. The Bertz CT molecular complexity index is 875. The van der Waals surface area contributed by atoms with E-state index in [1.807, 2.05) is 31.7 Å². The summed E-state index contributed by atoms with van der Waals surface area (Å²) in [5.41, 5.74) is 0.806. The van der Waals surface area contributed by atoms with Crippen molar-refractivity contribution in [1.82, 2.24) is 34.9 Å². The smallest absolute Gasteiger partial charge is 0.318 e. The molecule has 2 amide bonds. The van der Waals surface area contributed by atoms with Crippen molar-refractivity contribution in [3.8, 4) is 11.4 Å².